The number of hydrogen-bond donors (Lipinski definition) is 0. The maximum absolute atomic E-state index is 12.6. The molecular weight excluding hydrogens is 316 g/mol. The van der Waals surface area contributed by atoms with Crippen LogP contribution in [0.25, 0.3) is 11.1 Å². The van der Waals surface area contributed by atoms with Gasteiger partial charge in [0.05, 0.1) is 5.52 Å². The van der Waals surface area contributed by atoms with E-state index in [0.717, 1.165) is 0 Å². The highest BCUT2D eigenvalue weighted by atomic mass is 35.5. The number of oxazole rings is 1. The van der Waals surface area contributed by atoms with Crippen LogP contribution in [0.15, 0.2) is 27.4 Å². The van der Waals surface area contributed by atoms with Gasteiger partial charge in [-0.05, 0) is 24.0 Å². The van der Waals surface area contributed by atoms with Crippen LogP contribution >= 0.6 is 11.6 Å². The first-order valence-electron chi connectivity index (χ1n) is 7.84. The summed E-state index contributed by atoms with van der Waals surface area (Å²) in [5.74, 6) is 0.125. The molecule has 0 N–H and O–H groups in total. The van der Waals surface area contributed by atoms with Gasteiger partial charge >= 0.3 is 5.76 Å². The number of halogens is 1. The van der Waals surface area contributed by atoms with Gasteiger partial charge in [0, 0.05) is 24.2 Å². The van der Waals surface area contributed by atoms with E-state index in [1.54, 1.807) is 18.2 Å². The number of carbonyl (C=O) groups is 1. The molecule has 0 unspecified atom stereocenters. The summed E-state index contributed by atoms with van der Waals surface area (Å²) in [5, 5.41) is 0.492. The number of fused-ring (bicyclic) bond motifs is 1. The van der Waals surface area contributed by atoms with E-state index in [4.69, 9.17) is 16.0 Å². The molecule has 1 amide bonds. The molecule has 0 aliphatic carbocycles. The fourth-order valence-electron chi connectivity index (χ4n) is 2.58. The van der Waals surface area contributed by atoms with Gasteiger partial charge in [-0.15, -0.1) is 0 Å². The van der Waals surface area contributed by atoms with Gasteiger partial charge in [0.2, 0.25) is 5.91 Å². The monoisotopic (exact) mass is 338 g/mol. The van der Waals surface area contributed by atoms with Gasteiger partial charge in [-0.25, -0.2) is 4.79 Å². The third-order valence-electron chi connectivity index (χ3n) is 3.45. The highest BCUT2D eigenvalue weighted by Gasteiger charge is 2.19. The van der Waals surface area contributed by atoms with Gasteiger partial charge in [0.15, 0.2) is 5.58 Å². The molecule has 2 aromatic rings. The average molecular weight is 339 g/mol. The number of amides is 1. The van der Waals surface area contributed by atoms with Gasteiger partial charge in [-0.3, -0.25) is 9.36 Å². The Hall–Kier alpha value is -1.75. The van der Waals surface area contributed by atoms with E-state index < -0.39 is 5.76 Å². The number of rotatable bonds is 6. The first-order valence-corrected chi connectivity index (χ1v) is 8.22. The van der Waals surface area contributed by atoms with Crippen molar-refractivity contribution in [2.24, 2.45) is 11.8 Å². The van der Waals surface area contributed by atoms with Crippen molar-refractivity contribution >= 4 is 28.6 Å². The lowest BCUT2D eigenvalue weighted by Crippen LogP contribution is -2.40. The van der Waals surface area contributed by atoms with Crippen LogP contribution in [0, 0.1) is 11.8 Å². The van der Waals surface area contributed by atoms with E-state index in [1.807, 2.05) is 4.90 Å². The maximum Gasteiger partial charge on any atom is 0.420 e. The Balaban J connectivity index is 2.27. The molecule has 126 valence electrons. The van der Waals surface area contributed by atoms with E-state index in [0.29, 0.717) is 41.0 Å². The average Bonchev–Trinajstić information content (AvgIpc) is 2.72. The zero-order valence-electron chi connectivity index (χ0n) is 14.0. The molecule has 23 heavy (non-hydrogen) atoms. The summed E-state index contributed by atoms with van der Waals surface area (Å²) in [7, 11) is 0. The summed E-state index contributed by atoms with van der Waals surface area (Å²) >= 11 is 5.90. The van der Waals surface area contributed by atoms with Gasteiger partial charge in [-0.2, -0.15) is 0 Å². The molecule has 0 aliphatic rings. The van der Waals surface area contributed by atoms with E-state index >= 15 is 0 Å². The predicted octanol–water partition coefficient (Wildman–Crippen LogP) is 3.39. The molecule has 5 nitrogen and oxygen atoms in total. The minimum atomic E-state index is -0.537. The fraction of sp³-hybridized carbons (Fsp3) is 0.529. The molecule has 0 spiro atoms. The number of benzene rings is 1. The number of carbonyl (C=O) groups excluding carboxylic acids is 1. The smallest absolute Gasteiger partial charge is 0.408 e. The van der Waals surface area contributed by atoms with Crippen LogP contribution in [0.4, 0.5) is 0 Å². The molecular formula is C17H23ClN2O3. The van der Waals surface area contributed by atoms with Crippen molar-refractivity contribution in [3.05, 3.63) is 33.8 Å². The Morgan fingerprint density at radius 3 is 2.39 bits per heavy atom. The van der Waals surface area contributed by atoms with Crippen LogP contribution in [0.1, 0.15) is 27.7 Å². The van der Waals surface area contributed by atoms with Crippen LogP contribution in [0.3, 0.4) is 0 Å². The zero-order chi connectivity index (χ0) is 17.1. The molecule has 0 fully saturated rings. The van der Waals surface area contributed by atoms with Gasteiger partial charge in [0.1, 0.15) is 6.54 Å². The second-order valence-corrected chi connectivity index (χ2v) is 7.09. The van der Waals surface area contributed by atoms with E-state index in [1.165, 1.54) is 4.57 Å². The second-order valence-electron chi connectivity index (χ2n) is 6.65. The molecule has 1 aromatic carbocycles. The zero-order valence-corrected chi connectivity index (χ0v) is 14.8. The molecule has 0 saturated carbocycles. The molecule has 1 heterocycles. The Morgan fingerprint density at radius 1 is 1.22 bits per heavy atom. The largest absolute Gasteiger partial charge is 0.420 e. The Labute approximate surface area is 140 Å². The first-order chi connectivity index (χ1) is 10.8. The molecule has 0 radical (unpaired) electrons. The van der Waals surface area contributed by atoms with Gasteiger partial charge in [0.25, 0.3) is 0 Å². The summed E-state index contributed by atoms with van der Waals surface area (Å²) in [6, 6.07) is 4.96. The molecule has 0 atom stereocenters. The van der Waals surface area contributed by atoms with Crippen molar-refractivity contribution in [1.82, 2.24) is 9.47 Å². The summed E-state index contributed by atoms with van der Waals surface area (Å²) in [5.41, 5.74) is 0.983. The van der Waals surface area contributed by atoms with Crippen molar-refractivity contribution in [3.8, 4) is 0 Å². The Morgan fingerprint density at radius 2 is 1.83 bits per heavy atom. The first kappa shape index (κ1) is 17.6. The summed E-state index contributed by atoms with van der Waals surface area (Å²) in [4.78, 5) is 26.5. The summed E-state index contributed by atoms with van der Waals surface area (Å²) < 4.78 is 6.54. The van der Waals surface area contributed by atoms with Crippen molar-refractivity contribution in [2.75, 3.05) is 13.1 Å². The number of hydrogen-bond acceptors (Lipinski definition) is 3. The number of aromatic nitrogens is 1. The molecule has 1 aromatic heterocycles. The predicted molar refractivity (Wildman–Crippen MR) is 91.7 cm³/mol. The van der Waals surface area contributed by atoms with Crippen LogP contribution < -0.4 is 5.76 Å². The van der Waals surface area contributed by atoms with Crippen LogP contribution in [-0.4, -0.2) is 28.5 Å². The van der Waals surface area contributed by atoms with Gasteiger partial charge in [-0.1, -0.05) is 39.3 Å². The molecule has 0 bridgehead atoms. The highest BCUT2D eigenvalue weighted by molar-refractivity contribution is 6.31. The standard InChI is InChI=1S/C17H23ClN2O3/c1-11(2)8-19(9-12(3)4)16(21)10-20-14-6-5-13(18)7-15(14)23-17(20)22/h5-7,11-12H,8-10H2,1-4H3. The van der Waals surface area contributed by atoms with Crippen LogP contribution in [0.2, 0.25) is 5.02 Å². The molecule has 6 heteroatoms. The van der Waals surface area contributed by atoms with Crippen molar-refractivity contribution in [2.45, 2.75) is 34.2 Å². The Bertz CT molecular complexity index is 736. The lowest BCUT2D eigenvalue weighted by atomic mass is 10.1. The maximum atomic E-state index is 12.6. The summed E-state index contributed by atoms with van der Waals surface area (Å²) in [6.07, 6.45) is 0. The normalized spacial score (nSPS) is 11.6. The third kappa shape index (κ3) is 4.38. The van der Waals surface area contributed by atoms with Crippen molar-refractivity contribution in [3.63, 3.8) is 0 Å². The molecule has 2 rings (SSSR count). The van der Waals surface area contributed by atoms with E-state index in [2.05, 4.69) is 27.7 Å². The van der Waals surface area contributed by atoms with Crippen molar-refractivity contribution < 1.29 is 9.21 Å². The van der Waals surface area contributed by atoms with E-state index in [-0.39, 0.29) is 12.5 Å². The molecule has 0 saturated heterocycles. The fourth-order valence-corrected chi connectivity index (χ4v) is 2.75. The lowest BCUT2D eigenvalue weighted by Gasteiger charge is -2.26. The number of nitrogens with zero attached hydrogens (tertiary/aromatic N) is 2. The third-order valence-corrected chi connectivity index (χ3v) is 3.68. The Kier molecular flexibility index (Phi) is 5.52. The SMILES string of the molecule is CC(C)CN(CC(C)C)C(=O)Cn1c(=O)oc2cc(Cl)ccc21. The van der Waals surface area contributed by atoms with E-state index in [9.17, 15) is 9.59 Å². The quantitative estimate of drug-likeness (QED) is 0.811. The summed E-state index contributed by atoms with van der Waals surface area (Å²) in [6.45, 7) is 9.61. The van der Waals surface area contributed by atoms with Gasteiger partial charge < -0.3 is 9.32 Å². The topological polar surface area (TPSA) is 55.5 Å². The minimum absolute atomic E-state index is 0.0209. The minimum Gasteiger partial charge on any atom is -0.408 e. The van der Waals surface area contributed by atoms with Crippen molar-refractivity contribution in [1.29, 1.82) is 0 Å². The lowest BCUT2D eigenvalue weighted by molar-refractivity contribution is -0.133. The second kappa shape index (κ2) is 7.21. The van der Waals surface area contributed by atoms with Crippen LogP contribution in [-0.2, 0) is 11.3 Å². The van der Waals surface area contributed by atoms with Crippen LogP contribution in [0.5, 0.6) is 0 Å². The molecule has 0 aliphatic heterocycles. The highest BCUT2D eigenvalue weighted by Crippen LogP contribution is 2.18.